The van der Waals surface area contributed by atoms with Gasteiger partial charge in [0, 0.05) is 23.1 Å². The summed E-state index contributed by atoms with van der Waals surface area (Å²) in [6.45, 7) is 3.74. The highest BCUT2D eigenvalue weighted by molar-refractivity contribution is 6.11. The molecule has 1 aliphatic carbocycles. The van der Waals surface area contributed by atoms with E-state index >= 15 is 0 Å². The number of aryl methyl sites for hydroxylation is 1. The lowest BCUT2D eigenvalue weighted by molar-refractivity contribution is 0.0527. The monoisotopic (exact) mass is 459 g/mol. The Kier molecular flexibility index (Phi) is 6.87. The number of nitrogens with one attached hydrogen (secondary N) is 2. The number of rotatable bonds is 6. The van der Waals surface area contributed by atoms with Gasteiger partial charge in [-0.05, 0) is 51.0 Å². The van der Waals surface area contributed by atoms with E-state index in [1.165, 1.54) is 0 Å². The molecule has 0 atom stereocenters. The second kappa shape index (κ2) is 10.2. The predicted octanol–water partition coefficient (Wildman–Crippen LogP) is 4.49. The largest absolute Gasteiger partial charge is 0.462 e. The molecule has 0 saturated carbocycles. The number of hydrogen-bond acceptors (Lipinski definition) is 6. The Morgan fingerprint density at radius 3 is 2.50 bits per heavy atom. The Balaban J connectivity index is 1.57. The van der Waals surface area contributed by atoms with Gasteiger partial charge in [0.05, 0.1) is 23.6 Å². The molecule has 3 aromatic rings. The normalized spacial score (nSPS) is 13.8. The van der Waals surface area contributed by atoms with E-state index < -0.39 is 11.9 Å². The number of ether oxygens (including phenoxy) is 1. The number of hydrogen-bond donors (Lipinski definition) is 2. The second-order valence-corrected chi connectivity index (χ2v) is 7.79. The average Bonchev–Trinajstić information content (AvgIpc) is 3.20. The van der Waals surface area contributed by atoms with Crippen LogP contribution in [0, 0.1) is 6.92 Å². The van der Waals surface area contributed by atoms with Crippen LogP contribution < -0.4 is 10.7 Å². The van der Waals surface area contributed by atoms with Gasteiger partial charge in [0.1, 0.15) is 5.76 Å². The summed E-state index contributed by atoms with van der Waals surface area (Å²) >= 11 is 0. The fourth-order valence-electron chi connectivity index (χ4n) is 3.93. The van der Waals surface area contributed by atoms with Crippen molar-refractivity contribution in [1.29, 1.82) is 0 Å². The molecule has 174 valence electrons. The Bertz CT molecular complexity index is 1260. The predicted molar refractivity (Wildman–Crippen MR) is 127 cm³/mol. The minimum Gasteiger partial charge on any atom is -0.462 e. The number of furan rings is 1. The minimum absolute atomic E-state index is 0.146. The number of para-hydroxylation sites is 1. The quantitative estimate of drug-likeness (QED) is 0.417. The summed E-state index contributed by atoms with van der Waals surface area (Å²) in [7, 11) is 0. The van der Waals surface area contributed by atoms with Crippen molar-refractivity contribution in [3.8, 4) is 0 Å². The molecule has 8 nitrogen and oxygen atoms in total. The standard InChI is InChI=1S/C26H25N3O5/c1-3-33-26(32)18-12-7-8-13-19(18)27-25(31)23-16(2)22-20(14-9-15-21(22)34-23)28-29-24(30)17-10-5-4-6-11-17/h4-8,10-13H,3,9,14-15H2,1-2H3,(H,27,31)(H,29,30)/b28-20+. The third-order valence-corrected chi connectivity index (χ3v) is 5.53. The molecule has 4 rings (SSSR count). The summed E-state index contributed by atoms with van der Waals surface area (Å²) < 4.78 is 11.0. The molecule has 8 heteroatoms. The van der Waals surface area contributed by atoms with Gasteiger partial charge in [0.15, 0.2) is 5.76 Å². The smallest absolute Gasteiger partial charge is 0.340 e. The maximum Gasteiger partial charge on any atom is 0.340 e. The van der Waals surface area contributed by atoms with Gasteiger partial charge < -0.3 is 14.5 Å². The van der Waals surface area contributed by atoms with Crippen molar-refractivity contribution in [1.82, 2.24) is 5.43 Å². The number of esters is 1. The molecule has 2 amide bonds. The molecule has 0 unspecified atom stereocenters. The van der Waals surface area contributed by atoms with Crippen molar-refractivity contribution in [2.75, 3.05) is 11.9 Å². The van der Waals surface area contributed by atoms with Gasteiger partial charge in [0.25, 0.3) is 11.8 Å². The van der Waals surface area contributed by atoms with Gasteiger partial charge in [-0.25, -0.2) is 10.2 Å². The fraction of sp³-hybridized carbons (Fsp3) is 0.231. The van der Waals surface area contributed by atoms with Crippen LogP contribution in [0.25, 0.3) is 0 Å². The molecule has 2 N–H and O–H groups in total. The number of amides is 2. The third-order valence-electron chi connectivity index (χ3n) is 5.53. The molecule has 0 aliphatic heterocycles. The van der Waals surface area contributed by atoms with Gasteiger partial charge in [-0.2, -0.15) is 5.10 Å². The molecular formula is C26H25N3O5. The molecule has 0 fully saturated rings. The van der Waals surface area contributed by atoms with Crippen molar-refractivity contribution in [3.63, 3.8) is 0 Å². The number of fused-ring (bicyclic) bond motifs is 1. The first-order valence-corrected chi connectivity index (χ1v) is 11.1. The lowest BCUT2D eigenvalue weighted by atomic mass is 9.93. The van der Waals surface area contributed by atoms with Gasteiger partial charge in [-0.15, -0.1) is 0 Å². The Morgan fingerprint density at radius 2 is 1.74 bits per heavy atom. The molecule has 0 spiro atoms. The molecular weight excluding hydrogens is 434 g/mol. The zero-order chi connectivity index (χ0) is 24.1. The first-order chi connectivity index (χ1) is 16.5. The van der Waals surface area contributed by atoms with Gasteiger partial charge in [-0.3, -0.25) is 9.59 Å². The summed E-state index contributed by atoms with van der Waals surface area (Å²) in [6, 6.07) is 15.5. The van der Waals surface area contributed by atoms with E-state index in [1.54, 1.807) is 62.4 Å². The number of carbonyl (C=O) groups excluding carboxylic acids is 3. The number of hydrazone groups is 1. The van der Waals surface area contributed by atoms with Crippen molar-refractivity contribution in [2.24, 2.45) is 5.10 Å². The number of carbonyl (C=O) groups is 3. The lowest BCUT2D eigenvalue weighted by Crippen LogP contribution is -2.22. The third kappa shape index (κ3) is 4.76. The van der Waals surface area contributed by atoms with Crippen LogP contribution >= 0.6 is 0 Å². The number of benzene rings is 2. The van der Waals surface area contributed by atoms with Crippen molar-refractivity contribution in [3.05, 3.63) is 88.4 Å². The highest BCUT2D eigenvalue weighted by atomic mass is 16.5. The fourth-order valence-corrected chi connectivity index (χ4v) is 3.93. The molecule has 1 aliphatic rings. The van der Waals surface area contributed by atoms with E-state index in [1.807, 2.05) is 6.07 Å². The van der Waals surface area contributed by atoms with Crippen LogP contribution in [0.5, 0.6) is 0 Å². The number of nitrogens with zero attached hydrogens (tertiary/aromatic N) is 1. The zero-order valence-corrected chi connectivity index (χ0v) is 19.0. The van der Waals surface area contributed by atoms with Crippen LogP contribution in [0.3, 0.4) is 0 Å². The topological polar surface area (TPSA) is 110 Å². The minimum atomic E-state index is -0.516. The van der Waals surface area contributed by atoms with Crippen LogP contribution in [0.4, 0.5) is 5.69 Å². The van der Waals surface area contributed by atoms with Crippen LogP contribution in [0.2, 0.25) is 0 Å². The maximum absolute atomic E-state index is 13.1. The Hall–Kier alpha value is -4.20. The molecule has 34 heavy (non-hydrogen) atoms. The molecule has 2 aromatic carbocycles. The van der Waals surface area contributed by atoms with E-state index in [9.17, 15) is 14.4 Å². The highest BCUT2D eigenvalue weighted by Crippen LogP contribution is 2.30. The summed E-state index contributed by atoms with van der Waals surface area (Å²) in [4.78, 5) is 37.7. The Labute approximate surface area is 197 Å². The van der Waals surface area contributed by atoms with Crippen LogP contribution in [0.1, 0.15) is 67.9 Å². The van der Waals surface area contributed by atoms with E-state index in [2.05, 4.69) is 15.8 Å². The summed E-state index contributed by atoms with van der Waals surface area (Å²) in [5.41, 5.74) is 5.74. The van der Waals surface area contributed by atoms with E-state index in [4.69, 9.17) is 9.15 Å². The highest BCUT2D eigenvalue weighted by Gasteiger charge is 2.28. The average molecular weight is 460 g/mol. The maximum atomic E-state index is 13.1. The van der Waals surface area contributed by atoms with E-state index in [0.717, 1.165) is 12.0 Å². The summed E-state index contributed by atoms with van der Waals surface area (Å²) in [5.74, 6) is -0.503. The zero-order valence-electron chi connectivity index (χ0n) is 19.0. The summed E-state index contributed by atoms with van der Waals surface area (Å²) in [5, 5.41) is 7.10. The van der Waals surface area contributed by atoms with Crippen molar-refractivity contribution in [2.45, 2.75) is 33.1 Å². The molecule has 0 radical (unpaired) electrons. The van der Waals surface area contributed by atoms with Crippen LogP contribution in [-0.4, -0.2) is 30.1 Å². The van der Waals surface area contributed by atoms with E-state index in [0.29, 0.717) is 41.1 Å². The van der Waals surface area contributed by atoms with Crippen LogP contribution in [0.15, 0.2) is 64.1 Å². The van der Waals surface area contributed by atoms with Crippen LogP contribution in [-0.2, 0) is 11.2 Å². The number of anilines is 1. The molecule has 0 bridgehead atoms. The first kappa shape index (κ1) is 23.0. The van der Waals surface area contributed by atoms with E-state index in [-0.39, 0.29) is 23.8 Å². The lowest BCUT2D eigenvalue weighted by Gasteiger charge is -2.13. The molecule has 1 aromatic heterocycles. The van der Waals surface area contributed by atoms with Crippen molar-refractivity contribution >= 4 is 29.2 Å². The first-order valence-electron chi connectivity index (χ1n) is 11.1. The SMILES string of the molecule is CCOC(=O)c1ccccc1NC(=O)c1oc2c(c1C)/C(=N/NC(=O)c1ccccc1)CCC2. The van der Waals surface area contributed by atoms with Gasteiger partial charge in [0.2, 0.25) is 0 Å². The molecule has 0 saturated heterocycles. The van der Waals surface area contributed by atoms with Gasteiger partial charge >= 0.3 is 5.97 Å². The van der Waals surface area contributed by atoms with Crippen molar-refractivity contribution < 1.29 is 23.5 Å². The Morgan fingerprint density at radius 1 is 1.00 bits per heavy atom. The molecule has 1 heterocycles. The second-order valence-electron chi connectivity index (χ2n) is 7.79. The van der Waals surface area contributed by atoms with Gasteiger partial charge in [-0.1, -0.05) is 30.3 Å². The summed E-state index contributed by atoms with van der Waals surface area (Å²) in [6.07, 6.45) is 2.09.